The molecule has 0 bridgehead atoms. The smallest absolute Gasteiger partial charge is 0.249 e. The van der Waals surface area contributed by atoms with Crippen molar-refractivity contribution in [2.24, 2.45) is 5.73 Å². The molecule has 0 aliphatic rings. The summed E-state index contributed by atoms with van der Waals surface area (Å²) in [7, 11) is 2.63. The average molecular weight is 269 g/mol. The molecule has 4 N–H and O–H groups in total. The van der Waals surface area contributed by atoms with Crippen LogP contribution in [0.5, 0.6) is 11.5 Å². The topological polar surface area (TPSA) is 119 Å². The third kappa shape index (κ3) is 3.01. The molecule has 1 amide bonds. The summed E-state index contributed by atoms with van der Waals surface area (Å²) >= 11 is 0. The Morgan fingerprint density at radius 2 is 1.74 bits per heavy atom. The first kappa shape index (κ1) is 14.9. The van der Waals surface area contributed by atoms with Gasteiger partial charge >= 0.3 is 0 Å². The highest BCUT2D eigenvalue weighted by atomic mass is 16.5. The van der Waals surface area contributed by atoms with E-state index in [1.165, 1.54) is 26.4 Å². The quantitative estimate of drug-likeness (QED) is 0.593. The van der Waals surface area contributed by atoms with Gasteiger partial charge in [-0.15, -0.1) is 0 Å². The number of benzene rings is 1. The van der Waals surface area contributed by atoms with Gasteiger partial charge < -0.3 is 25.4 Å². The van der Waals surface area contributed by atoms with Gasteiger partial charge in [0.05, 0.1) is 19.8 Å². The van der Waals surface area contributed by atoms with Crippen molar-refractivity contribution in [1.82, 2.24) is 0 Å². The normalized spacial score (nSPS) is 13.5. The van der Waals surface area contributed by atoms with Crippen LogP contribution in [0.1, 0.15) is 22.0 Å². The molecule has 2 atom stereocenters. The van der Waals surface area contributed by atoms with Crippen LogP contribution < -0.4 is 15.2 Å². The van der Waals surface area contributed by atoms with Gasteiger partial charge in [0.25, 0.3) is 0 Å². The van der Waals surface area contributed by atoms with Gasteiger partial charge in [-0.1, -0.05) is 0 Å². The zero-order valence-corrected chi connectivity index (χ0v) is 10.5. The first-order valence-corrected chi connectivity index (χ1v) is 5.32. The number of hydrogen-bond acceptors (Lipinski definition) is 6. The first-order chi connectivity index (χ1) is 8.96. The number of aliphatic hydroxyl groups excluding tert-OH is 2. The maximum atomic E-state index is 10.9. The van der Waals surface area contributed by atoms with E-state index in [4.69, 9.17) is 15.2 Å². The second kappa shape index (κ2) is 6.17. The minimum Gasteiger partial charge on any atom is -0.496 e. The molecule has 0 heterocycles. The van der Waals surface area contributed by atoms with Crippen LogP contribution in [0.25, 0.3) is 0 Å². The Balaban J connectivity index is 3.39. The van der Waals surface area contributed by atoms with Gasteiger partial charge in [-0.3, -0.25) is 9.59 Å². The van der Waals surface area contributed by atoms with Crippen molar-refractivity contribution in [3.05, 3.63) is 23.3 Å². The summed E-state index contributed by atoms with van der Waals surface area (Å²) < 4.78 is 10.0. The molecule has 0 saturated heterocycles. The molecule has 7 heteroatoms. The number of primary amides is 1. The maximum Gasteiger partial charge on any atom is 0.249 e. The molecule has 7 nitrogen and oxygen atoms in total. The Kier molecular flexibility index (Phi) is 4.85. The van der Waals surface area contributed by atoms with Crippen molar-refractivity contribution >= 4 is 12.2 Å². The number of aldehydes is 1. The molecule has 1 rings (SSSR count). The van der Waals surface area contributed by atoms with E-state index in [2.05, 4.69) is 0 Å². The van der Waals surface area contributed by atoms with E-state index in [1.54, 1.807) is 0 Å². The lowest BCUT2D eigenvalue weighted by Gasteiger charge is -2.21. The highest BCUT2D eigenvalue weighted by Crippen LogP contribution is 2.36. The average Bonchev–Trinajstić information content (AvgIpc) is 2.43. The van der Waals surface area contributed by atoms with Crippen LogP contribution in [0.4, 0.5) is 0 Å². The Bertz CT molecular complexity index is 462. The van der Waals surface area contributed by atoms with Crippen LogP contribution in [0.2, 0.25) is 0 Å². The predicted molar refractivity (Wildman–Crippen MR) is 65.1 cm³/mol. The van der Waals surface area contributed by atoms with Gasteiger partial charge in [0, 0.05) is 5.56 Å². The Hall–Kier alpha value is -2.12. The molecule has 1 aromatic carbocycles. The van der Waals surface area contributed by atoms with E-state index in [0.29, 0.717) is 6.29 Å². The number of amides is 1. The Morgan fingerprint density at radius 3 is 2.05 bits per heavy atom. The van der Waals surface area contributed by atoms with Crippen molar-refractivity contribution in [2.75, 3.05) is 14.2 Å². The van der Waals surface area contributed by atoms with Crippen molar-refractivity contribution < 1.29 is 29.3 Å². The lowest BCUT2D eigenvalue weighted by Crippen LogP contribution is -2.34. The SMILES string of the molecule is COc1cc(C=O)cc(OC)c1C(O)C(O)C(N)=O. The number of rotatable bonds is 6. The first-order valence-electron chi connectivity index (χ1n) is 5.32. The summed E-state index contributed by atoms with van der Waals surface area (Å²) in [5.74, 6) is -0.875. The summed E-state index contributed by atoms with van der Waals surface area (Å²) in [6, 6.07) is 2.70. The van der Waals surface area contributed by atoms with Gasteiger partial charge in [-0.05, 0) is 12.1 Å². The van der Waals surface area contributed by atoms with Crippen LogP contribution in [-0.4, -0.2) is 42.7 Å². The van der Waals surface area contributed by atoms with E-state index in [0.717, 1.165) is 0 Å². The third-order valence-corrected chi connectivity index (χ3v) is 2.59. The summed E-state index contributed by atoms with van der Waals surface area (Å²) in [5.41, 5.74) is 5.23. The van der Waals surface area contributed by atoms with Crippen LogP contribution in [0, 0.1) is 0 Å². The zero-order valence-electron chi connectivity index (χ0n) is 10.5. The van der Waals surface area contributed by atoms with Crippen molar-refractivity contribution in [3.63, 3.8) is 0 Å². The predicted octanol–water partition coefficient (Wildman–Crippen LogP) is -0.604. The fraction of sp³-hybridized carbons (Fsp3) is 0.333. The fourth-order valence-electron chi connectivity index (χ4n) is 1.63. The fourth-order valence-corrected chi connectivity index (χ4v) is 1.63. The van der Waals surface area contributed by atoms with E-state index >= 15 is 0 Å². The van der Waals surface area contributed by atoms with Gasteiger partial charge in [0.2, 0.25) is 5.91 Å². The lowest BCUT2D eigenvalue weighted by atomic mass is 9.99. The monoisotopic (exact) mass is 269 g/mol. The molecule has 0 spiro atoms. The zero-order chi connectivity index (χ0) is 14.6. The minimum atomic E-state index is -1.81. The van der Waals surface area contributed by atoms with Crippen LogP contribution in [0.15, 0.2) is 12.1 Å². The van der Waals surface area contributed by atoms with Crippen molar-refractivity contribution in [1.29, 1.82) is 0 Å². The summed E-state index contributed by atoms with van der Waals surface area (Å²) in [6.45, 7) is 0. The van der Waals surface area contributed by atoms with Crippen LogP contribution in [0.3, 0.4) is 0 Å². The highest BCUT2D eigenvalue weighted by molar-refractivity contribution is 5.81. The van der Waals surface area contributed by atoms with Gasteiger partial charge in [-0.25, -0.2) is 0 Å². The molecular weight excluding hydrogens is 254 g/mol. The minimum absolute atomic E-state index is 0.0434. The van der Waals surface area contributed by atoms with Crippen LogP contribution >= 0.6 is 0 Å². The highest BCUT2D eigenvalue weighted by Gasteiger charge is 2.29. The molecule has 1 aromatic rings. The number of hydrogen-bond donors (Lipinski definition) is 3. The number of carbonyl (C=O) groups excluding carboxylic acids is 2. The second-order valence-corrected chi connectivity index (χ2v) is 3.75. The Morgan fingerprint density at radius 1 is 1.26 bits per heavy atom. The van der Waals surface area contributed by atoms with E-state index in [9.17, 15) is 19.8 Å². The summed E-state index contributed by atoms with van der Waals surface area (Å²) in [6.07, 6.45) is -2.86. The molecule has 0 aliphatic heterocycles. The maximum absolute atomic E-state index is 10.9. The van der Waals surface area contributed by atoms with E-state index in [-0.39, 0.29) is 22.6 Å². The standard InChI is InChI=1S/C12H15NO6/c1-18-7-3-6(5-14)4-8(19-2)9(7)10(15)11(16)12(13)17/h3-5,10-11,15-16H,1-2H3,(H2,13,17). The third-order valence-electron chi connectivity index (χ3n) is 2.59. The number of methoxy groups -OCH3 is 2. The van der Waals surface area contributed by atoms with Crippen molar-refractivity contribution in [3.8, 4) is 11.5 Å². The number of nitrogens with two attached hydrogens (primary N) is 1. The second-order valence-electron chi connectivity index (χ2n) is 3.75. The number of ether oxygens (including phenoxy) is 2. The van der Waals surface area contributed by atoms with Gasteiger partial charge in [0.15, 0.2) is 6.10 Å². The molecule has 0 aliphatic carbocycles. The largest absolute Gasteiger partial charge is 0.496 e. The van der Waals surface area contributed by atoms with Crippen LogP contribution in [-0.2, 0) is 4.79 Å². The molecule has 104 valence electrons. The molecule has 19 heavy (non-hydrogen) atoms. The van der Waals surface area contributed by atoms with Gasteiger partial charge in [0.1, 0.15) is 23.9 Å². The Labute approximate surface area is 109 Å². The summed E-state index contributed by atoms with van der Waals surface area (Å²) in [5, 5.41) is 19.5. The van der Waals surface area contributed by atoms with Gasteiger partial charge in [-0.2, -0.15) is 0 Å². The number of aliphatic hydroxyl groups is 2. The lowest BCUT2D eigenvalue weighted by molar-refractivity contribution is -0.132. The molecule has 0 saturated carbocycles. The van der Waals surface area contributed by atoms with E-state index in [1.807, 2.05) is 0 Å². The van der Waals surface area contributed by atoms with Crippen molar-refractivity contribution in [2.45, 2.75) is 12.2 Å². The summed E-state index contributed by atoms with van der Waals surface area (Å²) in [4.78, 5) is 21.7. The van der Waals surface area contributed by atoms with E-state index < -0.39 is 18.1 Å². The number of carbonyl (C=O) groups is 2. The molecule has 0 fully saturated rings. The molecule has 0 radical (unpaired) electrons. The molecule has 2 unspecified atom stereocenters. The molecular formula is C12H15NO6. The molecule has 0 aromatic heterocycles.